The van der Waals surface area contributed by atoms with E-state index in [4.69, 9.17) is 9.47 Å². The molecule has 11 nitrogen and oxygen atoms in total. The molecule has 1 aliphatic carbocycles. The van der Waals surface area contributed by atoms with Gasteiger partial charge < -0.3 is 45.2 Å². The van der Waals surface area contributed by atoms with Crippen molar-refractivity contribution in [2.75, 3.05) is 0 Å². The van der Waals surface area contributed by atoms with E-state index >= 15 is 0 Å². The van der Waals surface area contributed by atoms with Crippen LogP contribution in [-0.2, 0) is 4.74 Å². The smallest absolute Gasteiger partial charge is 0.335 e. The topological polar surface area (TPSA) is 194 Å². The molecular weight excluding hydrogens is 524 g/mol. The highest BCUT2D eigenvalue weighted by Gasteiger charge is 2.57. The lowest BCUT2D eigenvalue weighted by Gasteiger charge is -2.47. The minimum Gasteiger partial charge on any atom is -0.507 e. The fourth-order valence-electron chi connectivity index (χ4n) is 6.30. The van der Waals surface area contributed by atoms with Crippen molar-refractivity contribution in [1.29, 1.82) is 0 Å². The first-order valence-electron chi connectivity index (χ1n) is 13.7. The maximum absolute atomic E-state index is 12.3. The standard InChI is InChI=1S/C29H38O11/c1-4-5-6-8-16-9-7-10-29(16,38)26-24(34)23(33)25(35)28(40-26)39-18-12-15(27(36)37)11-17-20(18)22(32)19(14(3)30)13(2)21(17)31/h11-12,16,23-26,28,31-35,38H,4-10H2,1-3H3,(H,36,37)/t16-,23-,24-,25+,26+,28+,29-/m0/s1. The molecule has 1 saturated heterocycles. The van der Waals surface area contributed by atoms with Gasteiger partial charge in [0.2, 0.25) is 6.29 Å². The lowest BCUT2D eigenvalue weighted by atomic mass is 9.77. The predicted octanol–water partition coefficient (Wildman–Crippen LogP) is 2.76. The number of ketones is 1. The van der Waals surface area contributed by atoms with Crippen LogP contribution in [0.15, 0.2) is 12.1 Å². The molecule has 4 rings (SSSR count). The van der Waals surface area contributed by atoms with E-state index in [2.05, 4.69) is 6.92 Å². The third-order valence-corrected chi connectivity index (χ3v) is 8.46. The number of aromatic carboxylic acids is 1. The minimum atomic E-state index is -1.83. The van der Waals surface area contributed by atoms with Gasteiger partial charge >= 0.3 is 5.97 Å². The van der Waals surface area contributed by atoms with Crippen molar-refractivity contribution in [2.45, 2.75) is 102 Å². The Labute approximate surface area is 231 Å². The van der Waals surface area contributed by atoms with E-state index in [1.54, 1.807) is 0 Å². The van der Waals surface area contributed by atoms with Gasteiger partial charge in [-0.3, -0.25) is 4.79 Å². The zero-order chi connectivity index (χ0) is 29.5. The van der Waals surface area contributed by atoms with Crippen molar-refractivity contribution in [1.82, 2.24) is 0 Å². The highest BCUT2D eigenvalue weighted by Crippen LogP contribution is 2.47. The molecule has 0 spiro atoms. The first-order valence-corrected chi connectivity index (χ1v) is 13.7. The van der Waals surface area contributed by atoms with Crippen LogP contribution in [0.2, 0.25) is 0 Å². The van der Waals surface area contributed by atoms with E-state index < -0.39 is 59.6 Å². The predicted molar refractivity (Wildman–Crippen MR) is 143 cm³/mol. The number of benzene rings is 2. The number of unbranched alkanes of at least 4 members (excludes halogenated alkanes) is 2. The van der Waals surface area contributed by atoms with Crippen molar-refractivity contribution in [2.24, 2.45) is 5.92 Å². The highest BCUT2D eigenvalue weighted by atomic mass is 16.7. The Balaban J connectivity index is 1.78. The Hall–Kier alpha value is -2.96. The Bertz CT molecular complexity index is 1290. The monoisotopic (exact) mass is 562 g/mol. The summed E-state index contributed by atoms with van der Waals surface area (Å²) in [6.07, 6.45) is -3.10. The number of Topliss-reactive ketones (excluding diaryl/α,β-unsaturated/α-hetero) is 1. The number of rotatable bonds is 9. The summed E-state index contributed by atoms with van der Waals surface area (Å²) in [4.78, 5) is 24.2. The molecule has 220 valence electrons. The highest BCUT2D eigenvalue weighted by molar-refractivity contribution is 6.11. The van der Waals surface area contributed by atoms with E-state index in [0.717, 1.165) is 31.4 Å². The van der Waals surface area contributed by atoms with Crippen molar-refractivity contribution >= 4 is 22.5 Å². The molecular formula is C29H38O11. The largest absolute Gasteiger partial charge is 0.507 e. The Morgan fingerprint density at radius 1 is 1.07 bits per heavy atom. The number of carbonyl (C=O) groups excluding carboxylic acids is 1. The molecule has 0 amide bonds. The molecule has 2 fully saturated rings. The van der Waals surface area contributed by atoms with Crippen LogP contribution in [0.4, 0.5) is 0 Å². The lowest BCUT2D eigenvalue weighted by molar-refractivity contribution is -0.309. The van der Waals surface area contributed by atoms with E-state index in [1.165, 1.54) is 13.8 Å². The summed E-state index contributed by atoms with van der Waals surface area (Å²) >= 11 is 0. The molecule has 40 heavy (non-hydrogen) atoms. The minimum absolute atomic E-state index is 0.0381. The van der Waals surface area contributed by atoms with Crippen LogP contribution in [0.3, 0.4) is 0 Å². The molecule has 2 aromatic carbocycles. The number of ether oxygens (including phenoxy) is 2. The van der Waals surface area contributed by atoms with Crippen LogP contribution in [0.5, 0.6) is 17.2 Å². The summed E-state index contributed by atoms with van der Waals surface area (Å²) in [5, 5.41) is 75.3. The van der Waals surface area contributed by atoms with E-state index in [0.29, 0.717) is 25.7 Å². The molecule has 11 heteroatoms. The molecule has 7 N–H and O–H groups in total. The Kier molecular flexibility index (Phi) is 8.63. The van der Waals surface area contributed by atoms with Gasteiger partial charge in [0.15, 0.2) is 5.78 Å². The van der Waals surface area contributed by atoms with Crippen LogP contribution in [0.25, 0.3) is 10.8 Å². The van der Waals surface area contributed by atoms with Gasteiger partial charge in [-0.05, 0) is 51.2 Å². The molecule has 1 heterocycles. The summed E-state index contributed by atoms with van der Waals surface area (Å²) in [6, 6.07) is 2.14. The van der Waals surface area contributed by atoms with Crippen LogP contribution >= 0.6 is 0 Å². The number of hydrogen-bond donors (Lipinski definition) is 7. The number of phenolic OH excluding ortho intramolecular Hbond substituents is 2. The molecule has 0 aromatic heterocycles. The van der Waals surface area contributed by atoms with Gasteiger partial charge in [-0.25, -0.2) is 4.79 Å². The van der Waals surface area contributed by atoms with Crippen molar-refractivity contribution < 1.29 is 54.8 Å². The third kappa shape index (κ3) is 5.12. The van der Waals surface area contributed by atoms with Crippen LogP contribution in [-0.4, -0.2) is 83.8 Å². The van der Waals surface area contributed by atoms with Gasteiger partial charge in [-0.2, -0.15) is 0 Å². The number of fused-ring (bicyclic) bond motifs is 1. The SMILES string of the molecule is CCCCC[C@H]1CCC[C@@]1(O)[C@@H]1O[C@@H](Oc2cc(C(=O)O)cc3c(O)c(C)c(C(C)=O)c(O)c23)[C@H](O)[C@@H](O)[C@@H]1O. The van der Waals surface area contributed by atoms with Gasteiger partial charge in [0.1, 0.15) is 41.7 Å². The molecule has 2 aliphatic rings. The van der Waals surface area contributed by atoms with Crippen molar-refractivity contribution in [3.05, 3.63) is 28.8 Å². The normalized spacial score (nSPS) is 30.5. The Morgan fingerprint density at radius 2 is 1.77 bits per heavy atom. The van der Waals surface area contributed by atoms with Crippen molar-refractivity contribution in [3.63, 3.8) is 0 Å². The van der Waals surface area contributed by atoms with Gasteiger partial charge in [-0.15, -0.1) is 0 Å². The van der Waals surface area contributed by atoms with E-state index in [1.807, 2.05) is 0 Å². The molecule has 7 atom stereocenters. The quantitative estimate of drug-likeness (QED) is 0.135. The van der Waals surface area contributed by atoms with Gasteiger partial charge in [-0.1, -0.05) is 32.6 Å². The number of aliphatic hydroxyl groups is 4. The van der Waals surface area contributed by atoms with Crippen LogP contribution < -0.4 is 4.74 Å². The number of carboxylic acids is 1. The summed E-state index contributed by atoms with van der Waals surface area (Å²) in [7, 11) is 0. The summed E-state index contributed by atoms with van der Waals surface area (Å²) in [5.41, 5.74) is -2.01. The number of aliphatic hydroxyl groups excluding tert-OH is 3. The number of aromatic hydroxyl groups is 2. The molecule has 0 unspecified atom stereocenters. The Morgan fingerprint density at radius 3 is 2.40 bits per heavy atom. The summed E-state index contributed by atoms with van der Waals surface area (Å²) in [5.74, 6) is -3.54. The van der Waals surface area contributed by atoms with Crippen LogP contribution in [0, 0.1) is 12.8 Å². The summed E-state index contributed by atoms with van der Waals surface area (Å²) < 4.78 is 11.8. The maximum atomic E-state index is 12.3. The number of hydrogen-bond acceptors (Lipinski definition) is 10. The van der Waals surface area contributed by atoms with E-state index in [-0.39, 0.29) is 39.1 Å². The molecule has 0 bridgehead atoms. The van der Waals surface area contributed by atoms with Crippen molar-refractivity contribution in [3.8, 4) is 17.2 Å². The van der Waals surface area contributed by atoms with Gasteiger partial charge in [0.25, 0.3) is 0 Å². The van der Waals surface area contributed by atoms with E-state index in [9.17, 15) is 45.3 Å². The first-order chi connectivity index (χ1) is 18.8. The second-order valence-corrected chi connectivity index (χ2v) is 11.0. The average molecular weight is 563 g/mol. The van der Waals surface area contributed by atoms with Gasteiger partial charge in [0, 0.05) is 10.9 Å². The average Bonchev–Trinajstić information content (AvgIpc) is 3.28. The molecule has 2 aromatic rings. The maximum Gasteiger partial charge on any atom is 0.335 e. The summed E-state index contributed by atoms with van der Waals surface area (Å²) in [6.45, 7) is 4.65. The fraction of sp³-hybridized carbons (Fsp3) is 0.586. The second kappa shape index (κ2) is 11.5. The third-order valence-electron chi connectivity index (χ3n) is 8.46. The first kappa shape index (κ1) is 30.0. The lowest BCUT2D eigenvalue weighted by Crippen LogP contribution is -2.66. The van der Waals surface area contributed by atoms with Gasteiger partial charge in [0.05, 0.1) is 22.1 Å². The van der Waals surface area contributed by atoms with Crippen LogP contribution in [0.1, 0.15) is 85.1 Å². The second-order valence-electron chi connectivity index (χ2n) is 11.0. The molecule has 1 aliphatic heterocycles. The fourth-order valence-corrected chi connectivity index (χ4v) is 6.30. The zero-order valence-corrected chi connectivity index (χ0v) is 22.8. The molecule has 1 saturated carbocycles. The number of phenols is 2. The number of carboxylic acid groups (broad SMARTS) is 1. The number of carbonyl (C=O) groups is 2. The molecule has 0 radical (unpaired) electrons. The zero-order valence-electron chi connectivity index (χ0n) is 22.8.